The number of Topliss-reactive ketones (excluding diaryl/α,β-unsaturated/α-hetero) is 1. The highest BCUT2D eigenvalue weighted by Gasteiger charge is 2.35. The topological polar surface area (TPSA) is 46.5 Å². The number of benzene rings is 1. The lowest BCUT2D eigenvalue weighted by Gasteiger charge is -2.30. The third-order valence-corrected chi connectivity index (χ3v) is 2.94. The van der Waals surface area contributed by atoms with Crippen molar-refractivity contribution in [3.63, 3.8) is 0 Å². The van der Waals surface area contributed by atoms with Gasteiger partial charge in [-0.3, -0.25) is 4.79 Å². The van der Waals surface area contributed by atoms with Gasteiger partial charge in [0.25, 0.3) is 0 Å². The molecule has 0 fully saturated rings. The van der Waals surface area contributed by atoms with Gasteiger partial charge in [-0.05, 0) is 25.0 Å². The van der Waals surface area contributed by atoms with Crippen LogP contribution < -0.4 is 4.74 Å². The summed E-state index contributed by atoms with van der Waals surface area (Å²) in [5, 5.41) is 9.83. The van der Waals surface area contributed by atoms with Gasteiger partial charge in [0, 0.05) is 0 Å². The van der Waals surface area contributed by atoms with Crippen LogP contribution in [0.25, 0.3) is 0 Å². The number of rotatable bonds is 2. The van der Waals surface area contributed by atoms with E-state index in [4.69, 9.17) is 4.74 Å². The Morgan fingerprint density at radius 3 is 2.88 bits per heavy atom. The van der Waals surface area contributed by atoms with E-state index in [1.807, 2.05) is 26.0 Å². The lowest BCUT2D eigenvalue weighted by atomic mass is 9.94. The van der Waals surface area contributed by atoms with Gasteiger partial charge in [0.1, 0.15) is 11.9 Å². The normalized spacial score (nSPS) is 23.8. The van der Waals surface area contributed by atoms with E-state index in [-0.39, 0.29) is 5.78 Å². The molecule has 2 atom stereocenters. The minimum Gasteiger partial charge on any atom is -0.486 e. The first-order valence-electron chi connectivity index (χ1n) is 5.63. The minimum atomic E-state index is -1.02. The average molecular weight is 220 g/mol. The zero-order chi connectivity index (χ0) is 11.7. The summed E-state index contributed by atoms with van der Waals surface area (Å²) in [5.41, 5.74) is 1.44. The van der Waals surface area contributed by atoms with E-state index in [9.17, 15) is 9.90 Å². The lowest BCUT2D eigenvalue weighted by molar-refractivity contribution is 0.0188. The monoisotopic (exact) mass is 220 g/mol. The highest BCUT2D eigenvalue weighted by Crippen LogP contribution is 2.32. The number of hydrogen-bond acceptors (Lipinski definition) is 3. The number of para-hydroxylation sites is 1. The largest absolute Gasteiger partial charge is 0.486 e. The van der Waals surface area contributed by atoms with Crippen LogP contribution in [-0.4, -0.2) is 23.1 Å². The van der Waals surface area contributed by atoms with Crippen LogP contribution >= 0.6 is 0 Å². The van der Waals surface area contributed by atoms with Crippen LogP contribution in [0, 0.1) is 6.92 Å². The van der Waals surface area contributed by atoms with Gasteiger partial charge in [-0.2, -0.15) is 0 Å². The van der Waals surface area contributed by atoms with Crippen LogP contribution in [0.3, 0.4) is 0 Å². The molecule has 3 heteroatoms. The van der Waals surface area contributed by atoms with Crippen molar-refractivity contribution in [3.8, 4) is 5.75 Å². The third-order valence-electron chi connectivity index (χ3n) is 2.94. The van der Waals surface area contributed by atoms with Gasteiger partial charge >= 0.3 is 0 Å². The Labute approximate surface area is 95.0 Å². The molecule has 3 nitrogen and oxygen atoms in total. The highest BCUT2D eigenvalue weighted by molar-refractivity contribution is 6.03. The number of aliphatic hydroxyl groups excluding tert-OH is 1. The van der Waals surface area contributed by atoms with Gasteiger partial charge < -0.3 is 9.84 Å². The average Bonchev–Trinajstić information content (AvgIpc) is 2.27. The summed E-state index contributed by atoms with van der Waals surface area (Å²) in [6.07, 6.45) is 0.164. The molecule has 0 spiro atoms. The molecule has 0 aliphatic carbocycles. The van der Waals surface area contributed by atoms with Crippen LogP contribution in [0.5, 0.6) is 5.75 Å². The van der Waals surface area contributed by atoms with Crippen molar-refractivity contribution in [2.75, 3.05) is 0 Å². The summed E-state index contributed by atoms with van der Waals surface area (Å²) in [6, 6.07) is 5.42. The maximum absolute atomic E-state index is 11.9. The Hall–Kier alpha value is -1.35. The van der Waals surface area contributed by atoms with Gasteiger partial charge in [0.05, 0.1) is 5.56 Å². The fourth-order valence-electron chi connectivity index (χ4n) is 2.05. The van der Waals surface area contributed by atoms with Crippen molar-refractivity contribution in [2.24, 2.45) is 0 Å². The van der Waals surface area contributed by atoms with Gasteiger partial charge in [-0.25, -0.2) is 0 Å². The number of aryl methyl sites for hydroxylation is 1. The van der Waals surface area contributed by atoms with Gasteiger partial charge in [0.2, 0.25) is 0 Å². The molecular weight excluding hydrogens is 204 g/mol. The summed E-state index contributed by atoms with van der Waals surface area (Å²) >= 11 is 0. The van der Waals surface area contributed by atoms with Crippen LogP contribution in [0.2, 0.25) is 0 Å². The zero-order valence-electron chi connectivity index (χ0n) is 9.56. The van der Waals surface area contributed by atoms with Crippen molar-refractivity contribution in [1.82, 2.24) is 0 Å². The van der Waals surface area contributed by atoms with Crippen LogP contribution in [-0.2, 0) is 0 Å². The second kappa shape index (κ2) is 4.26. The molecule has 86 valence electrons. The van der Waals surface area contributed by atoms with Gasteiger partial charge in [-0.15, -0.1) is 0 Å². The van der Waals surface area contributed by atoms with E-state index in [1.165, 1.54) is 0 Å². The van der Waals surface area contributed by atoms with E-state index >= 15 is 0 Å². The molecule has 2 rings (SSSR count). The molecule has 0 saturated heterocycles. The summed E-state index contributed by atoms with van der Waals surface area (Å²) in [4.78, 5) is 11.9. The number of carbonyl (C=O) groups excluding carboxylic acids is 1. The van der Waals surface area contributed by atoms with E-state index in [2.05, 4.69) is 0 Å². The minimum absolute atomic E-state index is 0.219. The van der Waals surface area contributed by atoms with E-state index in [0.29, 0.717) is 17.7 Å². The molecule has 0 amide bonds. The summed E-state index contributed by atoms with van der Waals surface area (Å²) in [6.45, 7) is 3.92. The molecule has 0 radical (unpaired) electrons. The molecule has 0 aromatic heterocycles. The van der Waals surface area contributed by atoms with Crippen molar-refractivity contribution >= 4 is 5.78 Å². The number of carbonyl (C=O) groups is 1. The second-order valence-corrected chi connectivity index (χ2v) is 4.21. The Bertz CT molecular complexity index is 412. The standard InChI is InChI=1S/C13H16O3/c1-3-5-10-12(15)11(14)9-7-4-6-8(2)13(9)16-10/h4,6-7,10,12,15H,3,5H2,1-2H3/t10-,12-/m1/s1. The quantitative estimate of drug-likeness (QED) is 0.830. The molecule has 1 aromatic rings. The van der Waals surface area contributed by atoms with Crippen LogP contribution in [0.4, 0.5) is 0 Å². The molecule has 0 bridgehead atoms. The summed E-state index contributed by atoms with van der Waals surface area (Å²) in [7, 11) is 0. The second-order valence-electron chi connectivity index (χ2n) is 4.21. The molecule has 0 saturated carbocycles. The van der Waals surface area contributed by atoms with Crippen molar-refractivity contribution in [1.29, 1.82) is 0 Å². The fourth-order valence-corrected chi connectivity index (χ4v) is 2.05. The number of aliphatic hydroxyl groups is 1. The van der Waals surface area contributed by atoms with Crippen LogP contribution in [0.15, 0.2) is 18.2 Å². The van der Waals surface area contributed by atoms with Gasteiger partial charge in [0.15, 0.2) is 11.9 Å². The third kappa shape index (κ3) is 1.71. The molecule has 1 N–H and O–H groups in total. The summed E-state index contributed by atoms with van der Waals surface area (Å²) in [5.74, 6) is 0.416. The maximum Gasteiger partial charge on any atom is 0.198 e. The zero-order valence-corrected chi connectivity index (χ0v) is 9.56. The Balaban J connectivity index is 2.40. The Kier molecular flexibility index (Phi) is 2.97. The van der Waals surface area contributed by atoms with Gasteiger partial charge in [-0.1, -0.05) is 25.5 Å². The van der Waals surface area contributed by atoms with Crippen molar-refractivity contribution < 1.29 is 14.6 Å². The fraction of sp³-hybridized carbons (Fsp3) is 0.462. The molecular formula is C13H16O3. The molecule has 0 unspecified atom stereocenters. The number of ether oxygens (including phenoxy) is 1. The number of ketones is 1. The summed E-state index contributed by atoms with van der Waals surface area (Å²) < 4.78 is 5.71. The van der Waals surface area contributed by atoms with E-state index in [0.717, 1.165) is 12.0 Å². The van der Waals surface area contributed by atoms with E-state index < -0.39 is 12.2 Å². The Morgan fingerprint density at radius 1 is 1.44 bits per heavy atom. The Morgan fingerprint density at radius 2 is 2.19 bits per heavy atom. The first-order chi connectivity index (χ1) is 7.65. The number of fused-ring (bicyclic) bond motifs is 1. The first kappa shape index (κ1) is 11.1. The first-order valence-corrected chi connectivity index (χ1v) is 5.63. The molecule has 1 aromatic carbocycles. The molecule has 16 heavy (non-hydrogen) atoms. The molecule has 1 heterocycles. The smallest absolute Gasteiger partial charge is 0.198 e. The lowest BCUT2D eigenvalue weighted by Crippen LogP contribution is -2.42. The maximum atomic E-state index is 11.9. The van der Waals surface area contributed by atoms with Crippen molar-refractivity contribution in [2.45, 2.75) is 38.9 Å². The van der Waals surface area contributed by atoms with E-state index in [1.54, 1.807) is 6.07 Å². The predicted octanol–water partition coefficient (Wildman–Crippen LogP) is 2.10. The highest BCUT2D eigenvalue weighted by atomic mass is 16.5. The van der Waals surface area contributed by atoms with Crippen molar-refractivity contribution in [3.05, 3.63) is 29.3 Å². The SMILES string of the molecule is CCC[C@H]1Oc2c(C)cccc2C(=O)[C@@H]1O. The predicted molar refractivity (Wildman–Crippen MR) is 60.8 cm³/mol. The molecule has 1 aliphatic heterocycles. The number of hydrogen-bond donors (Lipinski definition) is 1. The van der Waals surface area contributed by atoms with Crippen LogP contribution in [0.1, 0.15) is 35.7 Å². The molecule has 1 aliphatic rings.